The van der Waals surface area contributed by atoms with Crippen molar-refractivity contribution in [1.29, 1.82) is 0 Å². The minimum Gasteiger partial charge on any atom is -0.481 e. The maximum atomic E-state index is 12.0. The normalized spacial score (nSPS) is 11.8. The van der Waals surface area contributed by atoms with E-state index in [1.165, 1.54) is 11.1 Å². The Balaban J connectivity index is 1.63. The van der Waals surface area contributed by atoms with Crippen LogP contribution in [0.25, 0.3) is 0 Å². The molecular formula is C19H22BrNO2S. The summed E-state index contributed by atoms with van der Waals surface area (Å²) in [5.74, 6) is 2.44. The van der Waals surface area contributed by atoms with Crippen molar-refractivity contribution in [3.8, 4) is 5.75 Å². The summed E-state index contributed by atoms with van der Waals surface area (Å²) in [4.78, 5) is 12.0. The maximum absolute atomic E-state index is 12.0. The van der Waals surface area contributed by atoms with E-state index in [4.69, 9.17) is 4.74 Å². The van der Waals surface area contributed by atoms with Gasteiger partial charge in [-0.3, -0.25) is 4.79 Å². The Kier molecular flexibility index (Phi) is 7.66. The molecule has 3 nitrogen and oxygen atoms in total. The number of hydrogen-bond donors (Lipinski definition) is 1. The quantitative estimate of drug-likeness (QED) is 0.650. The first-order valence-corrected chi connectivity index (χ1v) is 9.82. The fourth-order valence-corrected chi connectivity index (χ4v) is 3.12. The number of carbonyl (C=O) groups excluding carboxylic acids is 1. The molecule has 0 saturated heterocycles. The van der Waals surface area contributed by atoms with Gasteiger partial charge in [0.05, 0.1) is 0 Å². The lowest BCUT2D eigenvalue weighted by Gasteiger charge is -2.14. The summed E-state index contributed by atoms with van der Waals surface area (Å²) < 4.78 is 6.61. The Morgan fingerprint density at radius 1 is 1.17 bits per heavy atom. The number of rotatable bonds is 8. The molecule has 0 aliphatic heterocycles. The third-order valence-electron chi connectivity index (χ3n) is 3.43. The van der Waals surface area contributed by atoms with Gasteiger partial charge in [-0.2, -0.15) is 11.8 Å². The number of amides is 1. The maximum Gasteiger partial charge on any atom is 0.260 e. The number of thioether (sulfide) groups is 1. The average Bonchev–Trinajstić information content (AvgIpc) is 2.58. The van der Waals surface area contributed by atoms with Gasteiger partial charge in [-0.05, 0) is 43.7 Å². The highest BCUT2D eigenvalue weighted by Crippen LogP contribution is 2.17. The second-order valence-corrected chi connectivity index (χ2v) is 7.56. The van der Waals surface area contributed by atoms with Crippen LogP contribution in [0.1, 0.15) is 18.1 Å². The Bertz CT molecular complexity index is 643. The zero-order valence-electron chi connectivity index (χ0n) is 13.9. The number of benzene rings is 2. The van der Waals surface area contributed by atoms with Crippen LogP contribution in [0.2, 0.25) is 0 Å². The van der Waals surface area contributed by atoms with Crippen molar-refractivity contribution in [3.05, 3.63) is 64.1 Å². The SMILES string of the molecule is Cc1ccc(CSCCNC(=O)[C@@H](C)Oc2ccc(Br)cc2)cc1. The van der Waals surface area contributed by atoms with Crippen LogP contribution in [0, 0.1) is 6.92 Å². The second kappa shape index (κ2) is 9.74. The number of aryl methyl sites for hydroxylation is 1. The monoisotopic (exact) mass is 407 g/mol. The van der Waals surface area contributed by atoms with E-state index >= 15 is 0 Å². The van der Waals surface area contributed by atoms with Crippen LogP contribution in [0.3, 0.4) is 0 Å². The van der Waals surface area contributed by atoms with Crippen LogP contribution in [0.5, 0.6) is 5.75 Å². The smallest absolute Gasteiger partial charge is 0.260 e. The summed E-state index contributed by atoms with van der Waals surface area (Å²) in [6, 6.07) is 16.0. The summed E-state index contributed by atoms with van der Waals surface area (Å²) in [7, 11) is 0. The van der Waals surface area contributed by atoms with Gasteiger partial charge in [0.2, 0.25) is 0 Å². The first kappa shape index (κ1) is 18.9. The number of ether oxygens (including phenoxy) is 1. The van der Waals surface area contributed by atoms with Gasteiger partial charge in [0.15, 0.2) is 6.10 Å². The molecule has 2 rings (SSSR count). The molecule has 2 aromatic rings. The summed E-state index contributed by atoms with van der Waals surface area (Å²) in [5, 5.41) is 2.92. The molecule has 1 atom stereocenters. The van der Waals surface area contributed by atoms with E-state index in [9.17, 15) is 4.79 Å². The van der Waals surface area contributed by atoms with Crippen molar-refractivity contribution in [1.82, 2.24) is 5.32 Å². The minimum atomic E-state index is -0.506. The van der Waals surface area contributed by atoms with Crippen LogP contribution in [-0.4, -0.2) is 24.3 Å². The van der Waals surface area contributed by atoms with Crippen LogP contribution >= 0.6 is 27.7 Å². The number of nitrogens with one attached hydrogen (secondary N) is 1. The number of hydrogen-bond acceptors (Lipinski definition) is 3. The van der Waals surface area contributed by atoms with E-state index in [0.717, 1.165) is 16.0 Å². The van der Waals surface area contributed by atoms with Crippen molar-refractivity contribution in [2.75, 3.05) is 12.3 Å². The molecule has 0 aromatic heterocycles. The zero-order chi connectivity index (χ0) is 17.4. The van der Waals surface area contributed by atoms with E-state index < -0.39 is 6.10 Å². The van der Waals surface area contributed by atoms with Gasteiger partial charge in [-0.15, -0.1) is 0 Å². The van der Waals surface area contributed by atoms with Crippen molar-refractivity contribution in [2.24, 2.45) is 0 Å². The number of carbonyl (C=O) groups is 1. The predicted molar refractivity (Wildman–Crippen MR) is 105 cm³/mol. The first-order chi connectivity index (χ1) is 11.5. The summed E-state index contributed by atoms with van der Waals surface area (Å²) >= 11 is 5.18. The van der Waals surface area contributed by atoms with Crippen molar-refractivity contribution < 1.29 is 9.53 Å². The fraction of sp³-hybridized carbons (Fsp3) is 0.316. The molecule has 0 radical (unpaired) electrons. The lowest BCUT2D eigenvalue weighted by molar-refractivity contribution is -0.127. The molecular weight excluding hydrogens is 386 g/mol. The van der Waals surface area contributed by atoms with Crippen molar-refractivity contribution in [2.45, 2.75) is 25.7 Å². The Labute approximate surface area is 156 Å². The van der Waals surface area contributed by atoms with E-state index in [1.54, 1.807) is 6.92 Å². The highest BCUT2D eigenvalue weighted by atomic mass is 79.9. The molecule has 128 valence electrons. The highest BCUT2D eigenvalue weighted by molar-refractivity contribution is 9.10. The second-order valence-electron chi connectivity index (χ2n) is 5.54. The molecule has 0 bridgehead atoms. The summed E-state index contributed by atoms with van der Waals surface area (Å²) in [6.07, 6.45) is -0.506. The highest BCUT2D eigenvalue weighted by Gasteiger charge is 2.13. The molecule has 0 aliphatic carbocycles. The molecule has 0 heterocycles. The number of halogens is 1. The third-order valence-corrected chi connectivity index (χ3v) is 4.99. The van der Waals surface area contributed by atoms with E-state index in [0.29, 0.717) is 12.3 Å². The summed E-state index contributed by atoms with van der Waals surface area (Å²) in [6.45, 7) is 4.49. The van der Waals surface area contributed by atoms with Gasteiger partial charge in [-0.25, -0.2) is 0 Å². The molecule has 24 heavy (non-hydrogen) atoms. The third kappa shape index (κ3) is 6.57. The predicted octanol–water partition coefficient (Wildman–Crippen LogP) is 4.57. The molecule has 5 heteroatoms. The minimum absolute atomic E-state index is 0.0890. The zero-order valence-corrected chi connectivity index (χ0v) is 16.3. The largest absolute Gasteiger partial charge is 0.481 e. The lowest BCUT2D eigenvalue weighted by Crippen LogP contribution is -2.37. The molecule has 2 aromatic carbocycles. The Hall–Kier alpha value is -1.46. The van der Waals surface area contributed by atoms with Gasteiger partial charge in [0.25, 0.3) is 5.91 Å². The molecule has 1 amide bonds. The van der Waals surface area contributed by atoms with Gasteiger partial charge < -0.3 is 10.1 Å². The van der Waals surface area contributed by atoms with Gasteiger partial charge in [0.1, 0.15) is 5.75 Å². The average molecular weight is 408 g/mol. The lowest BCUT2D eigenvalue weighted by atomic mass is 10.2. The van der Waals surface area contributed by atoms with E-state index in [-0.39, 0.29) is 5.91 Å². The van der Waals surface area contributed by atoms with Crippen molar-refractivity contribution >= 4 is 33.6 Å². The molecule has 0 spiro atoms. The van der Waals surface area contributed by atoms with Crippen LogP contribution < -0.4 is 10.1 Å². The topological polar surface area (TPSA) is 38.3 Å². The van der Waals surface area contributed by atoms with Gasteiger partial charge in [-0.1, -0.05) is 45.8 Å². The van der Waals surface area contributed by atoms with Crippen LogP contribution in [0.15, 0.2) is 53.0 Å². The van der Waals surface area contributed by atoms with Gasteiger partial charge in [0, 0.05) is 22.5 Å². The fourth-order valence-electron chi connectivity index (χ4n) is 2.04. The molecule has 0 unspecified atom stereocenters. The standard InChI is InChI=1S/C19H22BrNO2S/c1-14-3-5-16(6-4-14)13-24-12-11-21-19(22)15(2)23-18-9-7-17(20)8-10-18/h3-10,15H,11-13H2,1-2H3,(H,21,22)/t15-/m1/s1. The molecule has 0 fully saturated rings. The van der Waals surface area contributed by atoms with Gasteiger partial charge >= 0.3 is 0 Å². The van der Waals surface area contributed by atoms with E-state index in [2.05, 4.69) is 52.4 Å². The van der Waals surface area contributed by atoms with Crippen LogP contribution in [-0.2, 0) is 10.5 Å². The van der Waals surface area contributed by atoms with Crippen molar-refractivity contribution in [3.63, 3.8) is 0 Å². The molecule has 0 aliphatic rings. The van der Waals surface area contributed by atoms with Crippen LogP contribution in [0.4, 0.5) is 0 Å². The molecule has 1 N–H and O–H groups in total. The van der Waals surface area contributed by atoms with E-state index in [1.807, 2.05) is 36.0 Å². The molecule has 0 saturated carbocycles. The summed E-state index contributed by atoms with van der Waals surface area (Å²) in [5.41, 5.74) is 2.58. The Morgan fingerprint density at radius 3 is 2.50 bits per heavy atom. The Morgan fingerprint density at radius 2 is 1.83 bits per heavy atom. The first-order valence-electron chi connectivity index (χ1n) is 7.88.